The van der Waals surface area contributed by atoms with Crippen molar-refractivity contribution in [3.05, 3.63) is 0 Å². The summed E-state index contributed by atoms with van der Waals surface area (Å²) >= 11 is 0. The molecule has 0 aromatic rings. The quantitative estimate of drug-likeness (QED) is 0.478. The number of hydrogen-bond donors (Lipinski definition) is 3. The molecule has 2 rings (SSSR count). The van der Waals surface area contributed by atoms with Crippen LogP contribution < -0.4 is 16.0 Å². The molecule has 0 atom stereocenters. The first-order valence-electron chi connectivity index (χ1n) is 8.85. The van der Waals surface area contributed by atoms with Gasteiger partial charge in [-0.2, -0.15) is 0 Å². The van der Waals surface area contributed by atoms with Crippen molar-refractivity contribution in [3.8, 4) is 0 Å². The van der Waals surface area contributed by atoms with E-state index >= 15 is 0 Å². The number of urea groups is 1. The van der Waals surface area contributed by atoms with E-state index in [2.05, 4.69) is 16.0 Å². The van der Waals surface area contributed by atoms with E-state index in [9.17, 15) is 19.2 Å². The zero-order valence-corrected chi connectivity index (χ0v) is 15.2. The molecule has 25 heavy (non-hydrogen) atoms. The minimum absolute atomic E-state index is 0.0810. The van der Waals surface area contributed by atoms with Gasteiger partial charge in [-0.15, -0.1) is 0 Å². The SMILES string of the molecule is CC(C)(C)C(=O)NCC(=O)NCCCN1C(=O)NC2(CCCC2)C1=O. The number of nitrogens with one attached hydrogen (secondary N) is 3. The molecule has 0 unspecified atom stereocenters. The third-order valence-corrected chi connectivity index (χ3v) is 4.67. The summed E-state index contributed by atoms with van der Waals surface area (Å²) in [7, 11) is 0. The summed E-state index contributed by atoms with van der Waals surface area (Å²) in [4.78, 5) is 49.1. The van der Waals surface area contributed by atoms with E-state index in [0.29, 0.717) is 25.8 Å². The van der Waals surface area contributed by atoms with E-state index in [-0.39, 0.29) is 36.8 Å². The Balaban J connectivity index is 1.67. The second-order valence-electron chi connectivity index (χ2n) is 7.81. The van der Waals surface area contributed by atoms with Crippen molar-refractivity contribution in [2.75, 3.05) is 19.6 Å². The third-order valence-electron chi connectivity index (χ3n) is 4.67. The van der Waals surface area contributed by atoms with E-state index in [4.69, 9.17) is 0 Å². The molecule has 140 valence electrons. The van der Waals surface area contributed by atoms with Crippen LogP contribution in [0.25, 0.3) is 0 Å². The van der Waals surface area contributed by atoms with Crippen molar-refractivity contribution in [2.45, 2.75) is 58.4 Å². The van der Waals surface area contributed by atoms with Crippen molar-refractivity contribution in [3.63, 3.8) is 0 Å². The fraction of sp³-hybridized carbons (Fsp3) is 0.765. The van der Waals surface area contributed by atoms with E-state index in [1.54, 1.807) is 20.8 Å². The standard InChI is InChI=1S/C17H28N4O4/c1-16(2,3)13(23)19-11-12(22)18-9-6-10-21-14(24)17(20-15(21)25)7-4-5-8-17/h4-11H2,1-3H3,(H,18,22)(H,19,23)(H,20,25). The molecule has 0 radical (unpaired) electrons. The Morgan fingerprint density at radius 2 is 1.80 bits per heavy atom. The Labute approximate surface area is 148 Å². The van der Waals surface area contributed by atoms with Gasteiger partial charge >= 0.3 is 6.03 Å². The normalized spacial score (nSPS) is 19.2. The summed E-state index contributed by atoms with van der Waals surface area (Å²) in [6.45, 7) is 5.86. The lowest BCUT2D eigenvalue weighted by atomic mass is 9.96. The molecule has 2 aliphatic rings. The highest BCUT2D eigenvalue weighted by atomic mass is 16.2. The molecule has 8 heteroatoms. The van der Waals surface area contributed by atoms with Gasteiger partial charge in [-0.05, 0) is 19.3 Å². The Morgan fingerprint density at radius 1 is 1.16 bits per heavy atom. The Hall–Kier alpha value is -2.12. The van der Waals surface area contributed by atoms with Crippen LogP contribution in [0.2, 0.25) is 0 Å². The molecule has 0 aromatic carbocycles. The molecule has 5 amide bonds. The molecule has 8 nitrogen and oxygen atoms in total. The Bertz CT molecular complexity index is 561. The molecule has 3 N–H and O–H groups in total. The predicted octanol–water partition coefficient (Wildman–Crippen LogP) is 0.520. The van der Waals surface area contributed by atoms with Gasteiger partial charge in [-0.1, -0.05) is 33.6 Å². The first-order valence-corrected chi connectivity index (χ1v) is 8.85. The van der Waals surface area contributed by atoms with Crippen LogP contribution >= 0.6 is 0 Å². The number of rotatable bonds is 6. The molecule has 1 saturated heterocycles. The van der Waals surface area contributed by atoms with E-state index in [1.807, 2.05) is 0 Å². The molecule has 1 saturated carbocycles. The maximum absolute atomic E-state index is 12.4. The molecule has 2 fully saturated rings. The predicted molar refractivity (Wildman–Crippen MR) is 91.5 cm³/mol. The second kappa shape index (κ2) is 7.41. The van der Waals surface area contributed by atoms with Crippen LogP contribution in [0.3, 0.4) is 0 Å². The maximum atomic E-state index is 12.4. The van der Waals surface area contributed by atoms with Crippen molar-refractivity contribution in [1.29, 1.82) is 0 Å². The summed E-state index contributed by atoms with van der Waals surface area (Å²) < 4.78 is 0. The van der Waals surface area contributed by atoms with Crippen molar-refractivity contribution < 1.29 is 19.2 Å². The van der Waals surface area contributed by atoms with Gasteiger partial charge in [0.1, 0.15) is 5.54 Å². The van der Waals surface area contributed by atoms with Gasteiger partial charge in [0.25, 0.3) is 5.91 Å². The second-order valence-corrected chi connectivity index (χ2v) is 7.81. The minimum Gasteiger partial charge on any atom is -0.355 e. The molecule has 1 aliphatic carbocycles. The zero-order chi connectivity index (χ0) is 18.7. The summed E-state index contributed by atoms with van der Waals surface area (Å²) in [5.74, 6) is -0.621. The average Bonchev–Trinajstić information content (AvgIpc) is 3.08. The third kappa shape index (κ3) is 4.49. The topological polar surface area (TPSA) is 108 Å². The fourth-order valence-electron chi connectivity index (χ4n) is 3.15. The van der Waals surface area contributed by atoms with Gasteiger partial charge in [-0.25, -0.2) is 4.79 Å². The highest BCUT2D eigenvalue weighted by Gasteiger charge is 2.51. The van der Waals surface area contributed by atoms with Gasteiger partial charge in [0.05, 0.1) is 6.54 Å². The van der Waals surface area contributed by atoms with Crippen LogP contribution in [0.5, 0.6) is 0 Å². The van der Waals surface area contributed by atoms with Crippen molar-refractivity contribution >= 4 is 23.8 Å². The van der Waals surface area contributed by atoms with Crippen LogP contribution in [0.15, 0.2) is 0 Å². The van der Waals surface area contributed by atoms with Crippen molar-refractivity contribution in [1.82, 2.24) is 20.9 Å². The molecule has 1 aliphatic heterocycles. The summed E-state index contributed by atoms with van der Waals surface area (Å²) in [5.41, 5.74) is -1.22. The Morgan fingerprint density at radius 3 is 2.40 bits per heavy atom. The number of carbonyl (C=O) groups excluding carboxylic acids is 4. The minimum atomic E-state index is -0.683. The largest absolute Gasteiger partial charge is 0.355 e. The van der Waals surface area contributed by atoms with E-state index < -0.39 is 11.0 Å². The maximum Gasteiger partial charge on any atom is 0.325 e. The van der Waals surface area contributed by atoms with Crippen LogP contribution in [-0.2, 0) is 14.4 Å². The first kappa shape index (κ1) is 19.2. The monoisotopic (exact) mass is 352 g/mol. The van der Waals surface area contributed by atoms with E-state index in [1.165, 1.54) is 4.90 Å². The van der Waals surface area contributed by atoms with Gasteiger partial charge in [0, 0.05) is 18.5 Å². The van der Waals surface area contributed by atoms with Gasteiger partial charge in [0.15, 0.2) is 0 Å². The van der Waals surface area contributed by atoms with Crippen LogP contribution in [0.1, 0.15) is 52.9 Å². The smallest absolute Gasteiger partial charge is 0.325 e. The fourth-order valence-corrected chi connectivity index (χ4v) is 3.15. The lowest BCUT2D eigenvalue weighted by Crippen LogP contribution is -2.44. The first-order chi connectivity index (χ1) is 11.7. The molecule has 1 heterocycles. The van der Waals surface area contributed by atoms with Gasteiger partial charge in [0.2, 0.25) is 11.8 Å². The highest BCUT2D eigenvalue weighted by molar-refractivity contribution is 6.07. The van der Waals surface area contributed by atoms with E-state index in [0.717, 1.165) is 12.8 Å². The molecular weight excluding hydrogens is 324 g/mol. The summed E-state index contributed by atoms with van der Waals surface area (Å²) in [5, 5.41) is 8.08. The zero-order valence-electron chi connectivity index (χ0n) is 15.2. The lowest BCUT2D eigenvalue weighted by molar-refractivity contribution is -0.131. The molecule has 0 bridgehead atoms. The number of hydrogen-bond acceptors (Lipinski definition) is 4. The van der Waals surface area contributed by atoms with Gasteiger partial charge < -0.3 is 16.0 Å². The summed E-state index contributed by atoms with van der Waals surface area (Å²) in [6.07, 6.45) is 3.80. The van der Waals surface area contributed by atoms with Crippen molar-refractivity contribution in [2.24, 2.45) is 5.41 Å². The molecule has 0 aromatic heterocycles. The van der Waals surface area contributed by atoms with Gasteiger partial charge in [-0.3, -0.25) is 19.3 Å². The molecule has 1 spiro atoms. The molecular formula is C17H28N4O4. The van der Waals surface area contributed by atoms with Crippen LogP contribution in [0.4, 0.5) is 4.79 Å². The lowest BCUT2D eigenvalue weighted by Gasteiger charge is -2.20. The Kier molecular flexibility index (Phi) is 5.69. The highest BCUT2D eigenvalue weighted by Crippen LogP contribution is 2.34. The average molecular weight is 352 g/mol. The number of nitrogens with zero attached hydrogens (tertiary/aromatic N) is 1. The summed E-state index contributed by atoms with van der Waals surface area (Å²) in [6, 6.07) is -0.337. The van der Waals surface area contributed by atoms with Crippen LogP contribution in [-0.4, -0.2) is 53.8 Å². The number of carbonyl (C=O) groups is 4. The number of amides is 5. The van der Waals surface area contributed by atoms with Crippen LogP contribution in [0, 0.1) is 5.41 Å². The number of imide groups is 1.